The van der Waals surface area contributed by atoms with Crippen molar-refractivity contribution in [2.75, 3.05) is 5.75 Å². The summed E-state index contributed by atoms with van der Waals surface area (Å²) >= 11 is 2.99. The Labute approximate surface area is 168 Å². The largest absolute Gasteiger partial charge is 0.349 e. The summed E-state index contributed by atoms with van der Waals surface area (Å²) in [5.41, 5.74) is 2.28. The predicted molar refractivity (Wildman–Crippen MR) is 111 cm³/mol. The van der Waals surface area contributed by atoms with Crippen LogP contribution in [-0.4, -0.2) is 21.6 Å². The Kier molecular flexibility index (Phi) is 6.90. The molecule has 0 bridgehead atoms. The highest BCUT2D eigenvalue weighted by atomic mass is 32.2. The summed E-state index contributed by atoms with van der Waals surface area (Å²) in [4.78, 5) is 22.3. The van der Waals surface area contributed by atoms with Crippen LogP contribution in [0.5, 0.6) is 0 Å². The first-order chi connectivity index (χ1) is 13.1. The number of carbonyl (C=O) groups is 1. The fourth-order valence-corrected chi connectivity index (χ4v) is 4.30. The first kappa shape index (κ1) is 19.5. The van der Waals surface area contributed by atoms with E-state index in [4.69, 9.17) is 0 Å². The Morgan fingerprint density at radius 1 is 1.00 bits per heavy atom. The van der Waals surface area contributed by atoms with Gasteiger partial charge in [0.2, 0.25) is 5.91 Å². The number of hydrogen-bond acceptors (Lipinski definition) is 5. The van der Waals surface area contributed by atoms with Gasteiger partial charge in [-0.25, -0.2) is 9.97 Å². The Morgan fingerprint density at radius 3 is 2.41 bits per heavy atom. The van der Waals surface area contributed by atoms with Crippen molar-refractivity contribution in [3.63, 3.8) is 0 Å². The van der Waals surface area contributed by atoms with Crippen molar-refractivity contribution in [3.05, 3.63) is 78.1 Å². The normalized spacial score (nSPS) is 11.8. The number of nitrogens with zero attached hydrogens (tertiary/aromatic N) is 2. The molecule has 0 aliphatic heterocycles. The second-order valence-corrected chi connectivity index (χ2v) is 8.02. The van der Waals surface area contributed by atoms with Crippen molar-refractivity contribution < 1.29 is 4.79 Å². The molecular weight excluding hydrogens is 374 g/mol. The van der Waals surface area contributed by atoms with Crippen LogP contribution >= 0.6 is 23.5 Å². The number of amides is 1. The summed E-state index contributed by atoms with van der Waals surface area (Å²) in [6, 6.07) is 18.1. The number of rotatable bonds is 7. The summed E-state index contributed by atoms with van der Waals surface area (Å²) < 4.78 is 0. The van der Waals surface area contributed by atoms with E-state index in [9.17, 15) is 4.79 Å². The minimum atomic E-state index is -0.0260. The van der Waals surface area contributed by atoms with E-state index in [0.29, 0.717) is 5.75 Å². The van der Waals surface area contributed by atoms with E-state index in [2.05, 4.69) is 34.3 Å². The highest BCUT2D eigenvalue weighted by molar-refractivity contribution is 8.02. The zero-order valence-electron chi connectivity index (χ0n) is 15.3. The van der Waals surface area contributed by atoms with Gasteiger partial charge in [-0.05, 0) is 31.0 Å². The molecule has 1 amide bonds. The average molecular weight is 396 g/mol. The van der Waals surface area contributed by atoms with Crippen molar-refractivity contribution >= 4 is 29.4 Å². The smallest absolute Gasteiger partial charge is 0.230 e. The van der Waals surface area contributed by atoms with E-state index in [0.717, 1.165) is 20.5 Å². The summed E-state index contributed by atoms with van der Waals surface area (Å²) in [5, 5.41) is 4.62. The number of benzene rings is 2. The zero-order chi connectivity index (χ0) is 19.1. The van der Waals surface area contributed by atoms with E-state index < -0.39 is 0 Å². The molecule has 3 aromatic rings. The molecule has 0 aliphatic carbocycles. The van der Waals surface area contributed by atoms with Crippen LogP contribution in [0.2, 0.25) is 0 Å². The third-order valence-corrected chi connectivity index (χ3v) is 6.23. The molecule has 27 heavy (non-hydrogen) atoms. The van der Waals surface area contributed by atoms with Crippen LogP contribution in [0.4, 0.5) is 0 Å². The molecular formula is C21H21N3OS2. The fraction of sp³-hybridized carbons (Fsp3) is 0.190. The molecule has 1 aromatic heterocycles. The van der Waals surface area contributed by atoms with Gasteiger partial charge in [0.1, 0.15) is 10.1 Å². The van der Waals surface area contributed by atoms with E-state index >= 15 is 0 Å². The lowest BCUT2D eigenvalue weighted by molar-refractivity contribution is -0.119. The summed E-state index contributed by atoms with van der Waals surface area (Å²) in [7, 11) is 0. The third-order valence-electron chi connectivity index (χ3n) is 3.95. The van der Waals surface area contributed by atoms with Crippen molar-refractivity contribution in [1.29, 1.82) is 0 Å². The van der Waals surface area contributed by atoms with Gasteiger partial charge < -0.3 is 5.32 Å². The number of aryl methyl sites for hydroxylation is 1. The van der Waals surface area contributed by atoms with Gasteiger partial charge in [0, 0.05) is 17.3 Å². The molecule has 0 saturated carbocycles. The van der Waals surface area contributed by atoms with E-state index in [1.165, 1.54) is 17.3 Å². The van der Waals surface area contributed by atoms with Gasteiger partial charge in [0.15, 0.2) is 0 Å². The van der Waals surface area contributed by atoms with Gasteiger partial charge >= 0.3 is 0 Å². The molecule has 1 heterocycles. The molecule has 3 rings (SSSR count). The van der Waals surface area contributed by atoms with E-state index in [-0.39, 0.29) is 11.9 Å². The third kappa shape index (κ3) is 5.58. The maximum atomic E-state index is 12.3. The highest BCUT2D eigenvalue weighted by Gasteiger charge is 2.13. The standard InChI is InChI=1S/C21H21N3OS2/c1-15-8-6-7-11-18(15)27-21-20(22-12-13-23-21)26-14-19(25)24-16(2)17-9-4-3-5-10-17/h3-13,16H,14H2,1-2H3,(H,24,25). The summed E-state index contributed by atoms with van der Waals surface area (Å²) in [6.07, 6.45) is 3.34. The monoisotopic (exact) mass is 395 g/mol. The maximum Gasteiger partial charge on any atom is 0.230 e. The van der Waals surface area contributed by atoms with Crippen LogP contribution in [0, 0.1) is 6.92 Å². The second-order valence-electron chi connectivity index (χ2n) is 6.02. The molecule has 6 heteroatoms. The Hall–Kier alpha value is -2.31. The molecule has 2 aromatic carbocycles. The molecule has 138 valence electrons. The van der Waals surface area contributed by atoms with Gasteiger partial charge in [-0.15, -0.1) is 0 Å². The van der Waals surface area contributed by atoms with Gasteiger partial charge in [0.05, 0.1) is 11.8 Å². The summed E-state index contributed by atoms with van der Waals surface area (Å²) in [5.74, 6) is 0.283. The number of hydrogen-bond donors (Lipinski definition) is 1. The number of carbonyl (C=O) groups excluding carboxylic acids is 1. The van der Waals surface area contributed by atoms with E-state index in [1.807, 2.05) is 49.4 Å². The lowest BCUT2D eigenvalue weighted by Gasteiger charge is -2.14. The molecule has 1 unspecified atom stereocenters. The second kappa shape index (κ2) is 9.58. The maximum absolute atomic E-state index is 12.3. The molecule has 0 aliphatic rings. The lowest BCUT2D eigenvalue weighted by Crippen LogP contribution is -2.28. The Balaban J connectivity index is 1.61. The van der Waals surface area contributed by atoms with Crippen molar-refractivity contribution in [2.24, 2.45) is 0 Å². The van der Waals surface area contributed by atoms with Crippen molar-refractivity contribution in [3.8, 4) is 0 Å². The lowest BCUT2D eigenvalue weighted by atomic mass is 10.1. The number of thioether (sulfide) groups is 1. The molecule has 0 radical (unpaired) electrons. The fourth-order valence-electron chi connectivity index (χ4n) is 2.50. The Morgan fingerprint density at radius 2 is 1.67 bits per heavy atom. The number of nitrogens with one attached hydrogen (secondary N) is 1. The van der Waals surface area contributed by atoms with E-state index in [1.54, 1.807) is 24.2 Å². The molecule has 0 saturated heterocycles. The van der Waals surface area contributed by atoms with Crippen LogP contribution in [-0.2, 0) is 4.79 Å². The minimum Gasteiger partial charge on any atom is -0.349 e. The molecule has 0 fully saturated rings. The first-order valence-electron chi connectivity index (χ1n) is 8.65. The predicted octanol–water partition coefficient (Wildman–Crippen LogP) is 4.91. The van der Waals surface area contributed by atoms with Gasteiger partial charge in [-0.3, -0.25) is 4.79 Å². The minimum absolute atomic E-state index is 0.0196. The van der Waals surface area contributed by atoms with Gasteiger partial charge in [0.25, 0.3) is 0 Å². The molecule has 0 spiro atoms. The van der Waals surface area contributed by atoms with Crippen LogP contribution in [0.3, 0.4) is 0 Å². The van der Waals surface area contributed by atoms with Crippen LogP contribution in [0.25, 0.3) is 0 Å². The number of aromatic nitrogens is 2. The van der Waals surface area contributed by atoms with Crippen molar-refractivity contribution in [1.82, 2.24) is 15.3 Å². The SMILES string of the molecule is Cc1ccccc1Sc1nccnc1SCC(=O)NC(C)c1ccccc1. The average Bonchev–Trinajstić information content (AvgIpc) is 2.69. The Bertz CT molecular complexity index is 903. The first-order valence-corrected chi connectivity index (χ1v) is 10.5. The zero-order valence-corrected chi connectivity index (χ0v) is 16.9. The highest BCUT2D eigenvalue weighted by Crippen LogP contribution is 2.34. The quantitative estimate of drug-likeness (QED) is 0.576. The van der Waals surface area contributed by atoms with Crippen molar-refractivity contribution in [2.45, 2.75) is 34.8 Å². The van der Waals surface area contributed by atoms with Gasteiger partial charge in [-0.2, -0.15) is 0 Å². The van der Waals surface area contributed by atoms with Crippen LogP contribution in [0.1, 0.15) is 24.1 Å². The molecule has 1 N–H and O–H groups in total. The molecule has 1 atom stereocenters. The molecule has 4 nitrogen and oxygen atoms in total. The van der Waals surface area contributed by atoms with Crippen LogP contribution in [0.15, 0.2) is 81.9 Å². The summed E-state index contributed by atoms with van der Waals surface area (Å²) in [6.45, 7) is 4.06. The van der Waals surface area contributed by atoms with Crippen LogP contribution < -0.4 is 5.32 Å². The van der Waals surface area contributed by atoms with Gasteiger partial charge in [-0.1, -0.05) is 72.1 Å². The topological polar surface area (TPSA) is 54.9 Å².